The Morgan fingerprint density at radius 3 is 2.51 bits per heavy atom. The summed E-state index contributed by atoms with van der Waals surface area (Å²) in [5, 5.41) is 3.07. The van der Waals surface area contributed by atoms with Crippen molar-refractivity contribution >= 4 is 21.6 Å². The average molecular weight is 521 g/mol. The molecule has 1 amide bonds. The highest BCUT2D eigenvalue weighted by molar-refractivity contribution is 7.89. The van der Waals surface area contributed by atoms with Crippen molar-refractivity contribution in [3.05, 3.63) is 72.3 Å². The Kier molecular flexibility index (Phi) is 6.14. The summed E-state index contributed by atoms with van der Waals surface area (Å²) in [6.07, 6.45) is 3.31. The summed E-state index contributed by atoms with van der Waals surface area (Å²) >= 11 is 0. The topological polar surface area (TPSA) is 103 Å². The van der Waals surface area contributed by atoms with Gasteiger partial charge in [-0.05, 0) is 78.8 Å². The number of carbonyl (C=O) groups is 1. The minimum absolute atomic E-state index is 0.0535. The van der Waals surface area contributed by atoms with Gasteiger partial charge in [0.1, 0.15) is 0 Å². The molecule has 37 heavy (non-hydrogen) atoms. The van der Waals surface area contributed by atoms with Crippen molar-refractivity contribution < 1.29 is 27.4 Å². The van der Waals surface area contributed by atoms with Crippen molar-refractivity contribution in [3.63, 3.8) is 0 Å². The molecule has 0 spiro atoms. The third-order valence-electron chi connectivity index (χ3n) is 7.25. The number of fused-ring (bicyclic) bond motifs is 1. The number of benzene rings is 3. The minimum atomic E-state index is -3.61. The Labute approximate surface area is 216 Å². The van der Waals surface area contributed by atoms with Crippen LogP contribution in [-0.2, 0) is 25.0 Å². The fraction of sp³-hybridized carbons (Fsp3) is 0.321. The summed E-state index contributed by atoms with van der Waals surface area (Å²) in [6.45, 7) is 1.16. The lowest BCUT2D eigenvalue weighted by atomic mass is 9.94. The number of amides is 1. The highest BCUT2D eigenvalue weighted by Gasteiger charge is 2.51. The monoisotopic (exact) mass is 520 g/mol. The first-order valence-electron chi connectivity index (χ1n) is 12.5. The molecule has 2 aliphatic heterocycles. The molecule has 9 heteroatoms. The smallest absolute Gasteiger partial charge is 0.240 e. The van der Waals surface area contributed by atoms with E-state index in [1.807, 2.05) is 42.5 Å². The normalized spacial score (nSPS) is 19.5. The van der Waals surface area contributed by atoms with Crippen LogP contribution in [0, 0.1) is 0 Å². The summed E-state index contributed by atoms with van der Waals surface area (Å²) in [5.41, 5.74) is 2.77. The van der Waals surface area contributed by atoms with Crippen molar-refractivity contribution in [2.45, 2.75) is 42.1 Å². The van der Waals surface area contributed by atoms with E-state index in [2.05, 4.69) is 10.0 Å². The third-order valence-corrected chi connectivity index (χ3v) is 8.69. The number of nitrogens with one attached hydrogen (secondary N) is 2. The van der Waals surface area contributed by atoms with Gasteiger partial charge in [-0.2, -0.15) is 0 Å². The molecule has 0 aromatic heterocycles. The van der Waals surface area contributed by atoms with Gasteiger partial charge in [0.25, 0.3) is 0 Å². The Bertz CT molecular complexity index is 1430. The van der Waals surface area contributed by atoms with Gasteiger partial charge < -0.3 is 19.5 Å². The van der Waals surface area contributed by atoms with Crippen molar-refractivity contribution in [1.29, 1.82) is 0 Å². The van der Waals surface area contributed by atoms with Crippen LogP contribution in [0.1, 0.15) is 31.2 Å². The van der Waals surface area contributed by atoms with Crippen LogP contribution in [0.3, 0.4) is 0 Å². The van der Waals surface area contributed by atoms with E-state index in [4.69, 9.17) is 14.2 Å². The van der Waals surface area contributed by atoms with E-state index >= 15 is 0 Å². The second-order valence-electron chi connectivity index (χ2n) is 9.70. The maximum atomic E-state index is 13.3. The number of hydrogen-bond donors (Lipinski definition) is 2. The molecule has 3 aliphatic rings. The molecule has 3 aromatic carbocycles. The Morgan fingerprint density at radius 1 is 0.946 bits per heavy atom. The zero-order valence-electron chi connectivity index (χ0n) is 20.2. The van der Waals surface area contributed by atoms with Gasteiger partial charge in [-0.15, -0.1) is 0 Å². The zero-order valence-corrected chi connectivity index (χ0v) is 21.1. The molecule has 6 rings (SSSR count). The summed E-state index contributed by atoms with van der Waals surface area (Å²) in [5.74, 6) is 1.32. The van der Waals surface area contributed by atoms with Gasteiger partial charge >= 0.3 is 0 Å². The van der Waals surface area contributed by atoms with Crippen LogP contribution in [0.15, 0.2) is 71.6 Å². The second kappa shape index (κ2) is 9.48. The number of rotatable bonds is 8. The lowest BCUT2D eigenvalue weighted by Gasteiger charge is -2.17. The van der Waals surface area contributed by atoms with Crippen LogP contribution >= 0.6 is 0 Å². The predicted octanol–water partition coefficient (Wildman–Crippen LogP) is 4.21. The van der Waals surface area contributed by atoms with E-state index in [0.29, 0.717) is 23.8 Å². The van der Waals surface area contributed by atoms with Gasteiger partial charge in [-0.3, -0.25) is 4.79 Å². The van der Waals surface area contributed by atoms with Gasteiger partial charge in [0.15, 0.2) is 11.5 Å². The Balaban J connectivity index is 1.14. The lowest BCUT2D eigenvalue weighted by molar-refractivity contribution is -0.118. The molecule has 8 nitrogen and oxygen atoms in total. The molecule has 2 fully saturated rings. The number of carbonyl (C=O) groups excluding carboxylic acids is 1. The van der Waals surface area contributed by atoms with E-state index in [1.54, 1.807) is 24.3 Å². The Morgan fingerprint density at radius 2 is 1.76 bits per heavy atom. The lowest BCUT2D eigenvalue weighted by Crippen LogP contribution is -2.31. The van der Waals surface area contributed by atoms with Gasteiger partial charge in [-0.25, -0.2) is 13.1 Å². The van der Waals surface area contributed by atoms with E-state index < -0.39 is 15.4 Å². The van der Waals surface area contributed by atoms with Crippen LogP contribution in [0.5, 0.6) is 11.5 Å². The summed E-state index contributed by atoms with van der Waals surface area (Å²) < 4.78 is 44.3. The van der Waals surface area contributed by atoms with Crippen molar-refractivity contribution in [1.82, 2.24) is 4.72 Å². The molecule has 1 saturated heterocycles. The summed E-state index contributed by atoms with van der Waals surface area (Å²) in [7, 11) is -3.61. The molecular formula is C28H28N2O6S. The predicted molar refractivity (Wildman–Crippen MR) is 138 cm³/mol. The molecule has 2 heterocycles. The Hall–Kier alpha value is -3.40. The highest BCUT2D eigenvalue weighted by Crippen LogP contribution is 2.51. The quantitative estimate of drug-likeness (QED) is 0.461. The van der Waals surface area contributed by atoms with Crippen LogP contribution in [0.2, 0.25) is 0 Å². The minimum Gasteiger partial charge on any atom is -0.454 e. The van der Waals surface area contributed by atoms with Gasteiger partial charge in [0, 0.05) is 18.8 Å². The van der Waals surface area contributed by atoms with E-state index in [0.717, 1.165) is 42.4 Å². The van der Waals surface area contributed by atoms with Gasteiger partial charge in [0.2, 0.25) is 22.7 Å². The molecular weight excluding hydrogens is 492 g/mol. The number of sulfonamides is 1. The van der Waals surface area contributed by atoms with Crippen molar-refractivity contribution in [3.8, 4) is 22.6 Å². The highest BCUT2D eigenvalue weighted by atomic mass is 32.2. The fourth-order valence-electron chi connectivity index (χ4n) is 4.91. The molecule has 0 radical (unpaired) electrons. The van der Waals surface area contributed by atoms with E-state index in [9.17, 15) is 13.2 Å². The van der Waals surface area contributed by atoms with Crippen LogP contribution < -0.4 is 19.5 Å². The molecule has 1 aliphatic carbocycles. The molecule has 3 aromatic rings. The average Bonchev–Trinajstić information content (AvgIpc) is 3.31. The van der Waals surface area contributed by atoms with E-state index in [-0.39, 0.29) is 30.2 Å². The number of hydrogen-bond acceptors (Lipinski definition) is 6. The standard InChI is InChI=1S/C28H28N2O6S/c31-27(28(12-13-28)21-8-11-25-26(16-21)36-18-35-25)30-22-4-1-3-20(15-22)19-6-9-24(10-7-19)37(32,33)29-17-23-5-2-14-34-23/h1,3-4,6-11,15-16,23,29H,2,5,12-14,17-18H2,(H,30,31)/t23-/m1/s1. The zero-order chi connectivity index (χ0) is 25.5. The van der Waals surface area contributed by atoms with Crippen LogP contribution in [-0.4, -0.2) is 40.4 Å². The van der Waals surface area contributed by atoms with Crippen molar-refractivity contribution in [2.75, 3.05) is 25.3 Å². The maximum Gasteiger partial charge on any atom is 0.240 e. The number of ether oxygens (including phenoxy) is 3. The first-order chi connectivity index (χ1) is 17.9. The molecule has 2 N–H and O–H groups in total. The molecule has 0 unspecified atom stereocenters. The fourth-order valence-corrected chi connectivity index (χ4v) is 5.98. The molecule has 1 saturated carbocycles. The first kappa shape index (κ1) is 24.0. The molecule has 0 bridgehead atoms. The summed E-state index contributed by atoms with van der Waals surface area (Å²) in [6, 6.07) is 20.0. The van der Waals surface area contributed by atoms with Crippen LogP contribution in [0.25, 0.3) is 11.1 Å². The van der Waals surface area contributed by atoms with Gasteiger partial charge in [-0.1, -0.05) is 30.3 Å². The molecule has 1 atom stereocenters. The van der Waals surface area contributed by atoms with E-state index in [1.165, 1.54) is 0 Å². The van der Waals surface area contributed by atoms with Crippen molar-refractivity contribution in [2.24, 2.45) is 0 Å². The largest absolute Gasteiger partial charge is 0.454 e. The first-order valence-corrected chi connectivity index (χ1v) is 13.9. The summed E-state index contributed by atoms with van der Waals surface area (Å²) in [4.78, 5) is 13.5. The second-order valence-corrected chi connectivity index (χ2v) is 11.5. The number of anilines is 1. The SMILES string of the molecule is O=C(Nc1cccc(-c2ccc(S(=O)(=O)NC[C@H]3CCCO3)cc2)c1)C1(c2ccc3c(c2)OCO3)CC1. The van der Waals surface area contributed by atoms with Gasteiger partial charge in [0.05, 0.1) is 16.4 Å². The maximum absolute atomic E-state index is 13.3. The third kappa shape index (κ3) is 4.82. The van der Waals surface area contributed by atoms with Crippen LogP contribution in [0.4, 0.5) is 5.69 Å². The molecule has 192 valence electrons.